The molecular formula is C17H23N5O3. The SMILES string of the molecule is CC(C)NC(=O)NC(=O)C(C)N(C)Cc1nc2ccccc2c(=O)[nH]1. The van der Waals surface area contributed by atoms with E-state index in [4.69, 9.17) is 0 Å². The molecule has 0 fully saturated rings. The fourth-order valence-corrected chi connectivity index (χ4v) is 2.30. The van der Waals surface area contributed by atoms with Crippen molar-refractivity contribution in [2.45, 2.75) is 39.4 Å². The molecule has 2 rings (SSSR count). The van der Waals surface area contributed by atoms with Crippen molar-refractivity contribution in [3.63, 3.8) is 0 Å². The van der Waals surface area contributed by atoms with Crippen LogP contribution in [-0.4, -0.2) is 45.9 Å². The van der Waals surface area contributed by atoms with Gasteiger partial charge in [0.2, 0.25) is 5.91 Å². The second-order valence-corrected chi connectivity index (χ2v) is 6.24. The maximum Gasteiger partial charge on any atom is 0.321 e. The number of aromatic nitrogens is 2. The van der Waals surface area contributed by atoms with E-state index in [-0.39, 0.29) is 18.1 Å². The number of H-pyrrole nitrogens is 1. The summed E-state index contributed by atoms with van der Waals surface area (Å²) < 4.78 is 0. The topological polar surface area (TPSA) is 107 Å². The van der Waals surface area contributed by atoms with Gasteiger partial charge in [0.25, 0.3) is 5.56 Å². The zero-order chi connectivity index (χ0) is 18.6. The van der Waals surface area contributed by atoms with Gasteiger partial charge in [-0.15, -0.1) is 0 Å². The Hall–Kier alpha value is -2.74. The average Bonchev–Trinajstić information content (AvgIpc) is 2.53. The molecule has 0 radical (unpaired) electrons. The van der Waals surface area contributed by atoms with E-state index in [1.54, 1.807) is 50.9 Å². The molecule has 2 aromatic rings. The standard InChI is InChI=1S/C17H23N5O3/c1-10(2)18-17(25)21-15(23)11(3)22(4)9-14-19-13-8-6-5-7-12(13)16(24)20-14/h5-8,10-11H,9H2,1-4H3,(H,19,20,24)(H2,18,21,23,25). The van der Waals surface area contributed by atoms with Crippen molar-refractivity contribution in [1.82, 2.24) is 25.5 Å². The highest BCUT2D eigenvalue weighted by Crippen LogP contribution is 2.08. The average molecular weight is 345 g/mol. The van der Waals surface area contributed by atoms with E-state index in [0.29, 0.717) is 16.7 Å². The molecule has 8 nitrogen and oxygen atoms in total. The number of aromatic amines is 1. The summed E-state index contributed by atoms with van der Waals surface area (Å²) in [6.07, 6.45) is 0. The first-order valence-corrected chi connectivity index (χ1v) is 8.07. The molecule has 1 aromatic carbocycles. The van der Waals surface area contributed by atoms with Crippen molar-refractivity contribution in [2.24, 2.45) is 0 Å². The molecule has 1 heterocycles. The minimum Gasteiger partial charge on any atom is -0.336 e. The number of nitrogens with zero attached hydrogens (tertiary/aromatic N) is 2. The number of rotatable bonds is 5. The van der Waals surface area contributed by atoms with E-state index in [2.05, 4.69) is 20.6 Å². The van der Waals surface area contributed by atoms with Crippen molar-refractivity contribution in [2.75, 3.05) is 7.05 Å². The van der Waals surface area contributed by atoms with E-state index in [0.717, 1.165) is 0 Å². The first-order valence-electron chi connectivity index (χ1n) is 8.07. The van der Waals surface area contributed by atoms with Crippen molar-refractivity contribution in [1.29, 1.82) is 0 Å². The Kier molecular flexibility index (Phi) is 5.87. The van der Waals surface area contributed by atoms with E-state index in [9.17, 15) is 14.4 Å². The highest BCUT2D eigenvalue weighted by atomic mass is 16.2. The molecule has 3 amide bonds. The predicted molar refractivity (Wildman–Crippen MR) is 95.1 cm³/mol. The van der Waals surface area contributed by atoms with Crippen LogP contribution in [0, 0.1) is 0 Å². The monoisotopic (exact) mass is 345 g/mol. The summed E-state index contributed by atoms with van der Waals surface area (Å²) in [5.41, 5.74) is 0.380. The van der Waals surface area contributed by atoms with Gasteiger partial charge in [-0.25, -0.2) is 9.78 Å². The van der Waals surface area contributed by atoms with Crippen LogP contribution in [0.15, 0.2) is 29.1 Å². The molecule has 3 N–H and O–H groups in total. The van der Waals surface area contributed by atoms with Gasteiger partial charge in [-0.3, -0.25) is 19.8 Å². The molecule has 0 bridgehead atoms. The van der Waals surface area contributed by atoms with Crippen LogP contribution < -0.4 is 16.2 Å². The second-order valence-electron chi connectivity index (χ2n) is 6.24. The van der Waals surface area contributed by atoms with E-state index < -0.39 is 18.0 Å². The quantitative estimate of drug-likeness (QED) is 0.749. The smallest absolute Gasteiger partial charge is 0.321 e. The first kappa shape index (κ1) is 18.6. The number of hydrogen-bond acceptors (Lipinski definition) is 5. The number of urea groups is 1. The Morgan fingerprint density at radius 2 is 1.92 bits per heavy atom. The van der Waals surface area contributed by atoms with Gasteiger partial charge in [-0.05, 0) is 40.0 Å². The highest BCUT2D eigenvalue weighted by molar-refractivity contribution is 5.96. The van der Waals surface area contributed by atoms with Crippen LogP contribution in [0.5, 0.6) is 0 Å². The lowest BCUT2D eigenvalue weighted by atomic mass is 10.2. The molecule has 134 valence electrons. The third-order valence-electron chi connectivity index (χ3n) is 3.76. The molecule has 0 saturated carbocycles. The first-order chi connectivity index (χ1) is 11.8. The third-order valence-corrected chi connectivity index (χ3v) is 3.76. The summed E-state index contributed by atoms with van der Waals surface area (Å²) in [7, 11) is 1.72. The van der Waals surface area contributed by atoms with Gasteiger partial charge < -0.3 is 10.3 Å². The molecular weight excluding hydrogens is 322 g/mol. The van der Waals surface area contributed by atoms with Gasteiger partial charge in [-0.1, -0.05) is 12.1 Å². The van der Waals surface area contributed by atoms with Crippen molar-refractivity contribution >= 4 is 22.8 Å². The van der Waals surface area contributed by atoms with Gasteiger partial charge in [0, 0.05) is 6.04 Å². The molecule has 1 atom stereocenters. The summed E-state index contributed by atoms with van der Waals surface area (Å²) >= 11 is 0. The van der Waals surface area contributed by atoms with Crippen LogP contribution in [0.4, 0.5) is 4.79 Å². The number of nitrogens with one attached hydrogen (secondary N) is 3. The van der Waals surface area contributed by atoms with Crippen LogP contribution in [0.3, 0.4) is 0 Å². The van der Waals surface area contributed by atoms with Crippen LogP contribution in [0.2, 0.25) is 0 Å². The Labute approximate surface area is 145 Å². The minimum absolute atomic E-state index is 0.0623. The van der Waals surface area contributed by atoms with Crippen LogP contribution >= 0.6 is 0 Å². The van der Waals surface area contributed by atoms with E-state index in [1.807, 2.05) is 6.07 Å². The zero-order valence-corrected chi connectivity index (χ0v) is 14.8. The van der Waals surface area contributed by atoms with Gasteiger partial charge in [0.1, 0.15) is 5.82 Å². The molecule has 0 spiro atoms. The molecule has 1 aromatic heterocycles. The summed E-state index contributed by atoms with van der Waals surface area (Å²) in [6, 6.07) is 5.89. The van der Waals surface area contributed by atoms with Gasteiger partial charge in [-0.2, -0.15) is 0 Å². The van der Waals surface area contributed by atoms with Crippen molar-refractivity contribution < 1.29 is 9.59 Å². The largest absolute Gasteiger partial charge is 0.336 e. The number of hydrogen-bond donors (Lipinski definition) is 3. The lowest BCUT2D eigenvalue weighted by Crippen LogP contribution is -2.49. The molecule has 0 aliphatic rings. The zero-order valence-electron chi connectivity index (χ0n) is 14.8. The van der Waals surface area contributed by atoms with Crippen molar-refractivity contribution in [3.8, 4) is 0 Å². The van der Waals surface area contributed by atoms with Gasteiger partial charge in [0.05, 0.1) is 23.5 Å². The Balaban J connectivity index is 2.05. The lowest BCUT2D eigenvalue weighted by Gasteiger charge is -2.23. The maximum absolute atomic E-state index is 12.1. The number of amides is 3. The van der Waals surface area contributed by atoms with Crippen LogP contribution in [-0.2, 0) is 11.3 Å². The molecule has 8 heteroatoms. The number of likely N-dealkylation sites (N-methyl/N-ethyl adjacent to an activating group) is 1. The van der Waals surface area contributed by atoms with Gasteiger partial charge in [0.15, 0.2) is 0 Å². The third kappa shape index (κ3) is 4.87. The summed E-state index contributed by atoms with van der Waals surface area (Å²) in [6.45, 7) is 5.56. The number of carbonyl (C=O) groups is 2. The fourth-order valence-electron chi connectivity index (χ4n) is 2.30. The summed E-state index contributed by atoms with van der Waals surface area (Å²) in [5.74, 6) is 0.0290. The molecule has 25 heavy (non-hydrogen) atoms. The number of benzene rings is 1. The predicted octanol–water partition coefficient (Wildman–Crippen LogP) is 0.978. The summed E-state index contributed by atoms with van der Waals surface area (Å²) in [4.78, 5) is 44.7. The molecule has 0 aliphatic heterocycles. The number of fused-ring (bicyclic) bond motifs is 1. The van der Waals surface area contributed by atoms with E-state index in [1.165, 1.54) is 0 Å². The highest BCUT2D eigenvalue weighted by Gasteiger charge is 2.21. The normalized spacial score (nSPS) is 12.4. The summed E-state index contributed by atoms with van der Waals surface area (Å²) in [5, 5.41) is 5.41. The van der Waals surface area contributed by atoms with Gasteiger partial charge >= 0.3 is 6.03 Å². The Bertz CT molecular complexity index is 830. The fraction of sp³-hybridized carbons (Fsp3) is 0.412. The Morgan fingerprint density at radius 1 is 1.24 bits per heavy atom. The van der Waals surface area contributed by atoms with E-state index >= 15 is 0 Å². The molecule has 0 saturated heterocycles. The van der Waals surface area contributed by atoms with Crippen molar-refractivity contribution in [3.05, 3.63) is 40.4 Å². The minimum atomic E-state index is -0.574. The molecule has 1 unspecified atom stereocenters. The number of imide groups is 1. The lowest BCUT2D eigenvalue weighted by molar-refractivity contribution is -0.124. The Morgan fingerprint density at radius 3 is 2.60 bits per heavy atom. The molecule has 0 aliphatic carbocycles. The van der Waals surface area contributed by atoms with Crippen LogP contribution in [0.25, 0.3) is 10.9 Å². The van der Waals surface area contributed by atoms with Crippen LogP contribution in [0.1, 0.15) is 26.6 Å². The number of carbonyl (C=O) groups excluding carboxylic acids is 2. The maximum atomic E-state index is 12.1. The number of para-hydroxylation sites is 1. The second kappa shape index (κ2) is 7.89.